The molecule has 0 amide bonds. The van der Waals surface area contributed by atoms with Crippen LogP contribution in [0.2, 0.25) is 1.41 Å². The van der Waals surface area contributed by atoms with Gasteiger partial charge in [-0.1, -0.05) is 0 Å². The predicted molar refractivity (Wildman–Crippen MR) is 28.7 cm³/mol. The quantitative estimate of drug-likeness (QED) is 0.507. The maximum absolute atomic E-state index is 10.7. The maximum Gasteiger partial charge on any atom is 0.320 e. The lowest BCUT2D eigenvalue weighted by Crippen LogP contribution is -2.29. The first-order valence-electron chi connectivity index (χ1n) is 5.47. The fourth-order valence-corrected chi connectivity index (χ4v) is 0.338. The van der Waals surface area contributed by atoms with Crippen LogP contribution in [-0.4, -0.2) is 23.6 Å². The Hall–Kier alpha value is -0.570. The fourth-order valence-electron chi connectivity index (χ4n) is 0.338. The SMILES string of the molecule is [2H]C1N([2H])C([2H])(C(=O)O)C([2H])([2H])C1([2H])[2H]. The van der Waals surface area contributed by atoms with Gasteiger partial charge >= 0.3 is 5.97 Å². The van der Waals surface area contributed by atoms with Crippen LogP contribution in [0.1, 0.15) is 21.0 Å². The van der Waals surface area contributed by atoms with Crippen LogP contribution in [0.4, 0.5) is 0 Å². The summed E-state index contributed by atoms with van der Waals surface area (Å²) in [6.45, 7) is -2.05. The molecule has 1 rings (SSSR count). The van der Waals surface area contributed by atoms with E-state index in [9.17, 15) is 4.79 Å². The second-order valence-electron chi connectivity index (χ2n) is 1.18. The topological polar surface area (TPSA) is 49.3 Å². The molecule has 2 unspecified atom stereocenters. The molecule has 0 aromatic heterocycles. The van der Waals surface area contributed by atoms with E-state index in [1.165, 1.54) is 0 Å². The summed E-state index contributed by atoms with van der Waals surface area (Å²) in [5.41, 5.74) is 0. The summed E-state index contributed by atoms with van der Waals surface area (Å²) in [5, 5.41) is 8.52. The van der Waals surface area contributed by atoms with Crippen molar-refractivity contribution < 1.29 is 19.5 Å². The number of carbonyl (C=O) groups is 1. The molecule has 0 bridgehead atoms. The van der Waals surface area contributed by atoms with Gasteiger partial charge in [0.05, 0.1) is 1.37 Å². The van der Waals surface area contributed by atoms with Gasteiger partial charge in [-0.05, 0) is 19.3 Å². The molecule has 0 saturated carbocycles. The standard InChI is InChI=1S/C5H9NO2/c7-5(8)4-2-1-3-6-4/h4,6H,1-3H2,(H,7,8)/i1D2,2D2,3D,4D/hD. The Morgan fingerprint density at radius 3 is 3.25 bits per heavy atom. The highest BCUT2D eigenvalue weighted by atomic mass is 16.4. The smallest absolute Gasteiger partial charge is 0.320 e. The molecule has 1 aliphatic rings. The third kappa shape index (κ3) is 0.980. The lowest BCUT2D eigenvalue weighted by Gasteiger charge is -1.99. The summed E-state index contributed by atoms with van der Waals surface area (Å²) in [6.07, 6.45) is -6.03. The highest BCUT2D eigenvalue weighted by molar-refractivity contribution is 5.73. The highest BCUT2D eigenvalue weighted by Crippen LogP contribution is 2.03. The van der Waals surface area contributed by atoms with Gasteiger partial charge in [-0.2, -0.15) is 0 Å². The van der Waals surface area contributed by atoms with E-state index < -0.39 is 31.3 Å². The van der Waals surface area contributed by atoms with E-state index in [0.29, 0.717) is 0 Å². The van der Waals surface area contributed by atoms with Gasteiger partial charge in [0.1, 0.15) is 7.43 Å². The van der Waals surface area contributed by atoms with Gasteiger partial charge in [-0.25, -0.2) is 0 Å². The third-order valence-corrected chi connectivity index (χ3v) is 0.651. The van der Waals surface area contributed by atoms with E-state index in [1.807, 2.05) is 0 Å². The van der Waals surface area contributed by atoms with E-state index in [0.717, 1.165) is 0 Å². The zero-order valence-corrected chi connectivity index (χ0v) is 3.88. The normalized spacial score (nSPS) is 74.5. The van der Waals surface area contributed by atoms with Crippen molar-refractivity contribution in [2.24, 2.45) is 0 Å². The summed E-state index contributed by atoms with van der Waals surface area (Å²) in [4.78, 5) is 10.7. The Bertz CT molecular complexity index is 308. The molecule has 0 aromatic carbocycles. The third-order valence-electron chi connectivity index (χ3n) is 0.651. The minimum absolute atomic E-state index is 0.171. The lowest BCUT2D eigenvalue weighted by molar-refractivity contribution is -0.139. The van der Waals surface area contributed by atoms with E-state index in [4.69, 9.17) is 14.7 Å². The predicted octanol–water partition coefficient (Wildman–Crippen LogP) is -0.177. The van der Waals surface area contributed by atoms with Crippen LogP contribution in [0.15, 0.2) is 0 Å². The van der Waals surface area contributed by atoms with Crippen molar-refractivity contribution in [3.8, 4) is 0 Å². The summed E-state index contributed by atoms with van der Waals surface area (Å²) in [7, 11) is 0. The molecule has 0 aromatic rings. The zero-order chi connectivity index (χ0) is 12.2. The first kappa shape index (κ1) is 1.48. The number of carboxylic acids is 1. The molecular weight excluding hydrogens is 106 g/mol. The van der Waals surface area contributed by atoms with Crippen LogP contribution in [0.25, 0.3) is 0 Å². The maximum atomic E-state index is 10.7. The molecule has 2 N–H and O–H groups in total. The van der Waals surface area contributed by atoms with Gasteiger partial charge in [-0.3, -0.25) is 4.79 Å². The van der Waals surface area contributed by atoms with Crippen molar-refractivity contribution >= 4 is 5.97 Å². The van der Waals surface area contributed by atoms with Crippen molar-refractivity contribution in [2.75, 3.05) is 6.52 Å². The minimum Gasteiger partial charge on any atom is -0.480 e. The van der Waals surface area contributed by atoms with Crippen LogP contribution in [0.5, 0.6) is 0 Å². The van der Waals surface area contributed by atoms with E-state index in [1.54, 1.807) is 0 Å². The molecule has 0 radical (unpaired) electrons. The number of carboxylic acid groups (broad SMARTS) is 1. The molecule has 46 valence electrons. The van der Waals surface area contributed by atoms with Crippen LogP contribution in [0, 0.1) is 0 Å². The largest absolute Gasteiger partial charge is 0.480 e. The second kappa shape index (κ2) is 2.13. The Kier molecular flexibility index (Phi) is 0.393. The van der Waals surface area contributed by atoms with E-state index in [-0.39, 0.29) is 5.31 Å². The Balaban J connectivity index is 3.39. The van der Waals surface area contributed by atoms with Crippen molar-refractivity contribution in [2.45, 2.75) is 18.8 Å². The van der Waals surface area contributed by atoms with Gasteiger partial charge < -0.3 is 10.4 Å². The van der Waals surface area contributed by atoms with Crippen LogP contribution >= 0.6 is 0 Å². The van der Waals surface area contributed by atoms with Crippen LogP contribution < -0.4 is 5.31 Å². The van der Waals surface area contributed by atoms with Gasteiger partial charge in [0.25, 0.3) is 0 Å². The highest BCUT2D eigenvalue weighted by Gasteiger charge is 2.20. The van der Waals surface area contributed by atoms with E-state index in [2.05, 4.69) is 0 Å². The molecule has 3 nitrogen and oxygen atoms in total. The monoisotopic (exact) mass is 122 g/mol. The molecule has 0 aliphatic carbocycles. The molecule has 1 fully saturated rings. The molecular formula is C5H9NO2. The number of nitrogens with one attached hydrogen (secondary N) is 1. The molecule has 2 atom stereocenters. The van der Waals surface area contributed by atoms with Crippen LogP contribution in [-0.2, 0) is 4.79 Å². The van der Waals surface area contributed by atoms with Crippen LogP contribution in [0.3, 0.4) is 0 Å². The first-order valence-corrected chi connectivity index (χ1v) is 1.95. The molecule has 1 aliphatic heterocycles. The Morgan fingerprint density at radius 2 is 3.00 bits per heavy atom. The first-order chi connectivity index (χ1) is 6.51. The summed E-state index contributed by atoms with van der Waals surface area (Å²) in [5.74, 6) is -1.99. The number of rotatable bonds is 1. The number of hydrogen-bond acceptors (Lipinski definition) is 2. The molecule has 3 heteroatoms. The zero-order valence-electron chi connectivity index (χ0n) is 10.9. The fraction of sp³-hybridized carbons (Fsp3) is 0.800. The van der Waals surface area contributed by atoms with Crippen molar-refractivity contribution in [3.63, 3.8) is 0 Å². The van der Waals surface area contributed by atoms with Gasteiger partial charge in [0.15, 0.2) is 0 Å². The number of hydrogen-bond donors (Lipinski definition) is 2. The molecule has 1 heterocycles. The van der Waals surface area contributed by atoms with Crippen molar-refractivity contribution in [1.82, 2.24) is 5.31 Å². The molecule has 8 heavy (non-hydrogen) atoms. The Morgan fingerprint density at radius 1 is 2.25 bits per heavy atom. The average Bonchev–Trinajstić information content (AvgIpc) is 2.19. The van der Waals surface area contributed by atoms with Gasteiger partial charge in [0, 0.05) is 6.85 Å². The van der Waals surface area contributed by atoms with Crippen molar-refractivity contribution in [3.05, 3.63) is 0 Å². The van der Waals surface area contributed by atoms with Crippen molar-refractivity contribution in [1.29, 1.82) is 0 Å². The Labute approximate surface area is 57.6 Å². The van der Waals surface area contributed by atoms with E-state index >= 15 is 0 Å². The molecule has 1 saturated heterocycles. The van der Waals surface area contributed by atoms with Gasteiger partial charge in [0.2, 0.25) is 0 Å². The lowest BCUT2D eigenvalue weighted by atomic mass is 10.2. The average molecular weight is 122 g/mol. The second-order valence-corrected chi connectivity index (χ2v) is 1.18. The molecule has 0 spiro atoms. The number of aliphatic carboxylic acids is 1. The summed E-state index contributed by atoms with van der Waals surface area (Å²) in [6, 6.07) is -3.11. The summed E-state index contributed by atoms with van der Waals surface area (Å²) >= 11 is 0. The summed E-state index contributed by atoms with van der Waals surface area (Å²) < 4.78 is 50.7. The minimum atomic E-state index is -3.14. The van der Waals surface area contributed by atoms with Gasteiger partial charge in [-0.15, -0.1) is 0 Å².